The second-order valence-electron chi connectivity index (χ2n) is 4.42. The van der Waals surface area contributed by atoms with Crippen molar-refractivity contribution in [3.05, 3.63) is 40.1 Å². The molecule has 1 amide bonds. The lowest BCUT2D eigenvalue weighted by molar-refractivity contribution is 0.0959. The lowest BCUT2D eigenvalue weighted by Crippen LogP contribution is -2.17. The number of fused-ring (bicyclic) bond motifs is 1. The molecule has 6 nitrogen and oxygen atoms in total. The van der Waals surface area contributed by atoms with E-state index >= 15 is 0 Å². The van der Waals surface area contributed by atoms with E-state index in [1.165, 1.54) is 17.6 Å². The van der Waals surface area contributed by atoms with Crippen LogP contribution in [0.2, 0.25) is 0 Å². The van der Waals surface area contributed by atoms with Crippen LogP contribution >= 0.6 is 11.3 Å². The molecule has 1 aliphatic heterocycles. The number of hydrazone groups is 1. The molecule has 2 heterocycles. The van der Waals surface area contributed by atoms with E-state index < -0.39 is 0 Å². The van der Waals surface area contributed by atoms with Gasteiger partial charge in [-0.05, 0) is 23.6 Å². The van der Waals surface area contributed by atoms with E-state index in [9.17, 15) is 4.79 Å². The highest BCUT2D eigenvalue weighted by Crippen LogP contribution is 2.39. The van der Waals surface area contributed by atoms with Crippen molar-refractivity contribution in [3.8, 4) is 17.2 Å². The number of carbonyl (C=O) groups excluding carboxylic acids is 1. The fraction of sp³-hybridized carbons (Fsp3) is 0.200. The minimum absolute atomic E-state index is 0.240. The van der Waals surface area contributed by atoms with E-state index in [4.69, 9.17) is 14.2 Å². The first-order chi connectivity index (χ1) is 10.8. The Hall–Kier alpha value is -2.54. The number of hydrogen-bond acceptors (Lipinski definition) is 6. The van der Waals surface area contributed by atoms with Gasteiger partial charge >= 0.3 is 0 Å². The molecule has 1 aromatic heterocycles. The summed E-state index contributed by atoms with van der Waals surface area (Å²) in [5.74, 6) is 1.53. The van der Waals surface area contributed by atoms with Crippen molar-refractivity contribution in [1.29, 1.82) is 0 Å². The summed E-state index contributed by atoms with van der Waals surface area (Å²) < 4.78 is 16.4. The average molecular weight is 318 g/mol. The van der Waals surface area contributed by atoms with E-state index in [1.807, 2.05) is 11.4 Å². The summed E-state index contributed by atoms with van der Waals surface area (Å²) in [6.07, 6.45) is 1.53. The largest absolute Gasteiger partial charge is 0.493 e. The smallest absolute Gasteiger partial charge is 0.281 e. The van der Waals surface area contributed by atoms with Crippen molar-refractivity contribution in [1.82, 2.24) is 5.43 Å². The third kappa shape index (κ3) is 3.04. The molecular weight excluding hydrogens is 304 g/mol. The van der Waals surface area contributed by atoms with E-state index in [0.717, 1.165) is 5.56 Å². The van der Waals surface area contributed by atoms with Gasteiger partial charge < -0.3 is 14.2 Å². The normalized spacial score (nSPS) is 13.1. The molecule has 0 radical (unpaired) electrons. The summed E-state index contributed by atoms with van der Waals surface area (Å²) in [7, 11) is 1.56. The number of thiophene rings is 1. The lowest BCUT2D eigenvalue weighted by atomic mass is 10.2. The highest BCUT2D eigenvalue weighted by molar-refractivity contribution is 7.12. The molecule has 114 valence electrons. The van der Waals surface area contributed by atoms with Crippen LogP contribution < -0.4 is 19.6 Å². The molecule has 0 saturated heterocycles. The van der Waals surface area contributed by atoms with E-state index in [2.05, 4.69) is 10.5 Å². The van der Waals surface area contributed by atoms with Gasteiger partial charge in [0, 0.05) is 5.56 Å². The topological polar surface area (TPSA) is 69.2 Å². The molecule has 3 rings (SSSR count). The number of hydrogen-bond donors (Lipinski definition) is 1. The molecule has 0 spiro atoms. The number of ether oxygens (including phenoxy) is 3. The van der Waals surface area contributed by atoms with Crippen molar-refractivity contribution in [2.75, 3.05) is 20.3 Å². The maximum atomic E-state index is 11.8. The zero-order valence-electron chi connectivity index (χ0n) is 11.9. The number of amides is 1. The molecule has 0 saturated carbocycles. The highest BCUT2D eigenvalue weighted by Gasteiger charge is 2.17. The minimum Gasteiger partial charge on any atom is -0.493 e. The maximum Gasteiger partial charge on any atom is 0.281 e. The predicted octanol–water partition coefficient (Wildman–Crippen LogP) is 2.29. The predicted molar refractivity (Wildman–Crippen MR) is 83.4 cm³/mol. The molecule has 1 aromatic carbocycles. The maximum absolute atomic E-state index is 11.8. The minimum atomic E-state index is -0.240. The van der Waals surface area contributed by atoms with Crippen LogP contribution in [0.3, 0.4) is 0 Å². The Morgan fingerprint density at radius 3 is 3.05 bits per heavy atom. The highest BCUT2D eigenvalue weighted by atomic mass is 32.1. The second-order valence-corrected chi connectivity index (χ2v) is 5.37. The van der Waals surface area contributed by atoms with Gasteiger partial charge in [-0.25, -0.2) is 5.43 Å². The van der Waals surface area contributed by atoms with Gasteiger partial charge in [0.05, 0.1) is 18.2 Å². The van der Waals surface area contributed by atoms with Crippen molar-refractivity contribution in [2.45, 2.75) is 0 Å². The summed E-state index contributed by atoms with van der Waals surface area (Å²) in [4.78, 5) is 12.4. The van der Waals surface area contributed by atoms with Gasteiger partial charge in [-0.2, -0.15) is 5.10 Å². The number of nitrogens with one attached hydrogen (secondary N) is 1. The summed E-state index contributed by atoms with van der Waals surface area (Å²) in [5, 5.41) is 5.79. The van der Waals surface area contributed by atoms with Gasteiger partial charge in [0.2, 0.25) is 5.75 Å². The lowest BCUT2D eigenvalue weighted by Gasteiger charge is -2.20. The van der Waals surface area contributed by atoms with Crippen LogP contribution in [0.1, 0.15) is 15.2 Å². The fourth-order valence-electron chi connectivity index (χ4n) is 2.00. The van der Waals surface area contributed by atoms with Gasteiger partial charge in [-0.3, -0.25) is 4.79 Å². The number of benzene rings is 1. The number of nitrogens with zero attached hydrogens (tertiary/aromatic N) is 1. The molecule has 1 N–H and O–H groups in total. The van der Waals surface area contributed by atoms with Crippen molar-refractivity contribution in [3.63, 3.8) is 0 Å². The van der Waals surface area contributed by atoms with Crippen molar-refractivity contribution < 1.29 is 19.0 Å². The Balaban J connectivity index is 1.74. The van der Waals surface area contributed by atoms with Crippen LogP contribution in [0, 0.1) is 0 Å². The van der Waals surface area contributed by atoms with Gasteiger partial charge in [0.25, 0.3) is 5.91 Å². The zero-order chi connectivity index (χ0) is 15.4. The van der Waals surface area contributed by atoms with Gasteiger partial charge in [-0.15, -0.1) is 11.3 Å². The molecule has 22 heavy (non-hydrogen) atoms. The molecule has 0 bridgehead atoms. The van der Waals surface area contributed by atoms with E-state index in [1.54, 1.807) is 25.3 Å². The number of rotatable bonds is 4. The molecule has 0 aliphatic carbocycles. The standard InChI is InChI=1S/C15H14N2O4S/c1-19-11-7-10(8-12-14(11)21-5-4-20-12)9-16-17-15(18)13-3-2-6-22-13/h2-3,6-9H,4-5H2,1H3,(H,17,18)/b16-9-. The van der Waals surface area contributed by atoms with Gasteiger partial charge in [0.1, 0.15) is 13.2 Å². The van der Waals surface area contributed by atoms with Crippen LogP contribution in [0.5, 0.6) is 17.2 Å². The average Bonchev–Trinajstić information content (AvgIpc) is 3.08. The molecule has 0 unspecified atom stereocenters. The monoisotopic (exact) mass is 318 g/mol. The fourth-order valence-corrected chi connectivity index (χ4v) is 2.61. The molecular formula is C15H14N2O4S. The molecule has 2 aromatic rings. The zero-order valence-corrected chi connectivity index (χ0v) is 12.7. The Labute approximate surface area is 131 Å². The molecule has 1 aliphatic rings. The summed E-state index contributed by atoms with van der Waals surface area (Å²) in [6, 6.07) is 7.11. The summed E-state index contributed by atoms with van der Waals surface area (Å²) in [6.45, 7) is 0.986. The van der Waals surface area contributed by atoms with Crippen molar-refractivity contribution in [2.24, 2.45) is 5.10 Å². The van der Waals surface area contributed by atoms with Crippen LogP contribution in [0.4, 0.5) is 0 Å². The van der Waals surface area contributed by atoms with Gasteiger partial charge in [-0.1, -0.05) is 6.07 Å². The first-order valence-electron chi connectivity index (χ1n) is 6.62. The summed E-state index contributed by atoms with van der Waals surface area (Å²) >= 11 is 1.36. The molecule has 0 fully saturated rings. The Morgan fingerprint density at radius 2 is 2.27 bits per heavy atom. The van der Waals surface area contributed by atoms with Crippen molar-refractivity contribution >= 4 is 23.5 Å². The molecule has 0 atom stereocenters. The van der Waals surface area contributed by atoms with Gasteiger partial charge in [0.15, 0.2) is 11.5 Å². The Kier molecular flexibility index (Phi) is 4.24. The molecule has 7 heteroatoms. The summed E-state index contributed by atoms with van der Waals surface area (Å²) in [5.41, 5.74) is 3.22. The quantitative estimate of drug-likeness (QED) is 0.694. The van der Waals surface area contributed by atoms with E-state index in [0.29, 0.717) is 35.3 Å². The Bertz CT molecular complexity index is 681. The second kappa shape index (κ2) is 6.48. The first-order valence-corrected chi connectivity index (χ1v) is 7.50. The first kappa shape index (κ1) is 14.4. The Morgan fingerprint density at radius 1 is 1.41 bits per heavy atom. The van der Waals surface area contributed by atoms with Crippen LogP contribution in [-0.4, -0.2) is 32.4 Å². The van der Waals surface area contributed by atoms with Crippen LogP contribution in [0.15, 0.2) is 34.7 Å². The van der Waals surface area contributed by atoms with Crippen LogP contribution in [0.25, 0.3) is 0 Å². The number of carbonyl (C=O) groups is 1. The third-order valence-electron chi connectivity index (χ3n) is 2.97. The third-order valence-corrected chi connectivity index (χ3v) is 3.84. The number of methoxy groups -OCH3 is 1. The van der Waals surface area contributed by atoms with E-state index in [-0.39, 0.29) is 5.91 Å². The SMILES string of the molecule is COc1cc(/C=N\NC(=O)c2cccs2)cc2c1OCCO2. The van der Waals surface area contributed by atoms with Crippen LogP contribution in [-0.2, 0) is 0 Å².